The highest BCUT2D eigenvalue weighted by atomic mass is 32.2. The first-order valence-corrected chi connectivity index (χ1v) is 12.3. The standard InChI is InChI=1S/C22H29N5O5S/c1-32-15-6-4-14(5-7-15)21(30)27-10-9-26(22(31)17-12-33-13-24-17)11-18(27)20(29)25-16-3-2-8-23-19(16)28/h4-7,16-18,24H,2-3,8-13H2,1H3,(H,23,28)(H,25,29)/t16-,17-,18+/m0/s1. The Kier molecular flexibility index (Phi) is 7.39. The smallest absolute Gasteiger partial charge is 0.254 e. The van der Waals surface area contributed by atoms with E-state index in [2.05, 4.69) is 16.0 Å². The van der Waals surface area contributed by atoms with Crippen molar-refractivity contribution in [1.29, 1.82) is 0 Å². The van der Waals surface area contributed by atoms with E-state index in [1.807, 2.05) is 0 Å². The molecule has 11 heteroatoms. The quantitative estimate of drug-likeness (QED) is 0.521. The molecular formula is C22H29N5O5S. The van der Waals surface area contributed by atoms with Gasteiger partial charge in [-0.15, -0.1) is 11.8 Å². The molecule has 3 heterocycles. The van der Waals surface area contributed by atoms with Crippen molar-refractivity contribution >= 4 is 35.4 Å². The lowest BCUT2D eigenvalue weighted by atomic mass is 10.0. The van der Waals surface area contributed by atoms with E-state index >= 15 is 0 Å². The van der Waals surface area contributed by atoms with Crippen LogP contribution in [0.2, 0.25) is 0 Å². The van der Waals surface area contributed by atoms with Crippen molar-refractivity contribution in [1.82, 2.24) is 25.8 Å². The third-order valence-corrected chi connectivity index (χ3v) is 7.15. The van der Waals surface area contributed by atoms with Gasteiger partial charge in [-0.1, -0.05) is 0 Å². The van der Waals surface area contributed by atoms with E-state index in [4.69, 9.17) is 4.74 Å². The van der Waals surface area contributed by atoms with Crippen LogP contribution in [-0.4, -0.2) is 96.5 Å². The van der Waals surface area contributed by atoms with Crippen LogP contribution in [0.1, 0.15) is 23.2 Å². The Hall–Kier alpha value is -2.79. The number of benzene rings is 1. The summed E-state index contributed by atoms with van der Waals surface area (Å²) in [4.78, 5) is 54.9. The molecule has 3 aliphatic rings. The fraction of sp³-hybridized carbons (Fsp3) is 0.545. The lowest BCUT2D eigenvalue weighted by molar-refractivity contribution is -0.139. The lowest BCUT2D eigenvalue weighted by Crippen LogP contribution is -2.64. The Bertz CT molecular complexity index is 905. The number of hydrogen-bond donors (Lipinski definition) is 3. The molecule has 0 radical (unpaired) electrons. The van der Waals surface area contributed by atoms with E-state index in [1.165, 1.54) is 4.90 Å². The largest absolute Gasteiger partial charge is 0.497 e. The summed E-state index contributed by atoms with van der Waals surface area (Å²) < 4.78 is 5.16. The van der Waals surface area contributed by atoms with Gasteiger partial charge in [0.15, 0.2) is 0 Å². The predicted octanol–water partition coefficient (Wildman–Crippen LogP) is -0.594. The Labute approximate surface area is 196 Å². The van der Waals surface area contributed by atoms with Crippen LogP contribution >= 0.6 is 11.8 Å². The lowest BCUT2D eigenvalue weighted by Gasteiger charge is -2.41. The molecule has 3 N–H and O–H groups in total. The minimum atomic E-state index is -0.888. The Morgan fingerprint density at radius 3 is 2.64 bits per heavy atom. The fourth-order valence-electron chi connectivity index (χ4n) is 4.30. The maximum absolute atomic E-state index is 13.3. The number of thioether (sulfide) groups is 1. The first-order valence-electron chi connectivity index (χ1n) is 11.1. The molecule has 4 rings (SSSR count). The second-order valence-electron chi connectivity index (χ2n) is 8.29. The van der Waals surface area contributed by atoms with Gasteiger partial charge in [-0.25, -0.2) is 0 Å². The number of hydrogen-bond acceptors (Lipinski definition) is 7. The summed E-state index contributed by atoms with van der Waals surface area (Å²) in [6, 6.07) is 4.88. The summed E-state index contributed by atoms with van der Waals surface area (Å²) in [5.74, 6) is 1.01. The van der Waals surface area contributed by atoms with Crippen molar-refractivity contribution in [3.63, 3.8) is 0 Å². The van der Waals surface area contributed by atoms with Crippen LogP contribution in [0.5, 0.6) is 5.75 Å². The Morgan fingerprint density at radius 2 is 1.97 bits per heavy atom. The number of nitrogens with zero attached hydrogens (tertiary/aromatic N) is 2. The van der Waals surface area contributed by atoms with E-state index in [-0.39, 0.29) is 36.9 Å². The summed E-state index contributed by atoms with van der Waals surface area (Å²) in [7, 11) is 1.55. The van der Waals surface area contributed by atoms with Gasteiger partial charge < -0.3 is 25.2 Å². The van der Waals surface area contributed by atoms with Crippen LogP contribution in [0.25, 0.3) is 0 Å². The number of amides is 4. The highest BCUT2D eigenvalue weighted by molar-refractivity contribution is 7.99. The van der Waals surface area contributed by atoms with Gasteiger partial charge in [-0.2, -0.15) is 0 Å². The van der Waals surface area contributed by atoms with Crippen molar-refractivity contribution < 1.29 is 23.9 Å². The maximum atomic E-state index is 13.3. The SMILES string of the molecule is COc1ccc(C(=O)N2CCN(C(=O)[C@@H]3CSCN3)C[C@@H]2C(=O)N[C@H]2CCCNC2=O)cc1. The highest BCUT2D eigenvalue weighted by Gasteiger charge is 2.40. The summed E-state index contributed by atoms with van der Waals surface area (Å²) in [5, 5.41) is 8.72. The molecule has 3 fully saturated rings. The van der Waals surface area contributed by atoms with E-state index in [0.717, 1.165) is 6.42 Å². The number of nitrogens with one attached hydrogen (secondary N) is 3. The van der Waals surface area contributed by atoms with Crippen molar-refractivity contribution in [3.05, 3.63) is 29.8 Å². The van der Waals surface area contributed by atoms with E-state index < -0.39 is 18.0 Å². The number of methoxy groups -OCH3 is 1. The van der Waals surface area contributed by atoms with E-state index in [9.17, 15) is 19.2 Å². The zero-order valence-electron chi connectivity index (χ0n) is 18.5. The van der Waals surface area contributed by atoms with Crippen molar-refractivity contribution in [3.8, 4) is 5.75 Å². The van der Waals surface area contributed by atoms with Crippen LogP contribution in [0, 0.1) is 0 Å². The molecule has 3 saturated heterocycles. The molecule has 0 bridgehead atoms. The first kappa shape index (κ1) is 23.4. The third-order valence-electron chi connectivity index (χ3n) is 6.21. The second kappa shape index (κ2) is 10.4. The van der Waals surface area contributed by atoms with Crippen LogP contribution in [0.3, 0.4) is 0 Å². The van der Waals surface area contributed by atoms with Crippen LogP contribution in [0.4, 0.5) is 0 Å². The van der Waals surface area contributed by atoms with Gasteiger partial charge in [0.2, 0.25) is 17.7 Å². The van der Waals surface area contributed by atoms with Gasteiger partial charge in [0.05, 0.1) is 19.7 Å². The molecule has 4 amide bonds. The van der Waals surface area contributed by atoms with Gasteiger partial charge in [-0.3, -0.25) is 24.5 Å². The number of piperazine rings is 1. The van der Waals surface area contributed by atoms with Crippen LogP contribution in [-0.2, 0) is 14.4 Å². The van der Waals surface area contributed by atoms with Gasteiger partial charge >= 0.3 is 0 Å². The number of carbonyl (C=O) groups excluding carboxylic acids is 4. The summed E-state index contributed by atoms with van der Waals surface area (Å²) in [6.07, 6.45) is 1.31. The summed E-state index contributed by atoms with van der Waals surface area (Å²) >= 11 is 1.65. The molecule has 0 aliphatic carbocycles. The van der Waals surface area contributed by atoms with Crippen LogP contribution in [0.15, 0.2) is 24.3 Å². The molecule has 0 aromatic heterocycles. The average Bonchev–Trinajstić information content (AvgIpc) is 3.39. The van der Waals surface area contributed by atoms with Gasteiger partial charge in [0.25, 0.3) is 5.91 Å². The normalized spacial score (nSPS) is 25.4. The number of rotatable bonds is 5. The van der Waals surface area contributed by atoms with E-state index in [0.29, 0.717) is 42.5 Å². The first-order chi connectivity index (χ1) is 16.0. The zero-order chi connectivity index (χ0) is 23.4. The van der Waals surface area contributed by atoms with Crippen molar-refractivity contribution in [2.75, 3.05) is 44.9 Å². The molecule has 33 heavy (non-hydrogen) atoms. The van der Waals surface area contributed by atoms with Crippen molar-refractivity contribution in [2.45, 2.75) is 31.0 Å². The maximum Gasteiger partial charge on any atom is 0.254 e. The van der Waals surface area contributed by atoms with E-state index in [1.54, 1.807) is 48.0 Å². The van der Waals surface area contributed by atoms with Gasteiger partial charge in [0.1, 0.15) is 17.8 Å². The Morgan fingerprint density at radius 1 is 1.18 bits per heavy atom. The molecule has 0 unspecified atom stereocenters. The number of ether oxygens (including phenoxy) is 1. The molecular weight excluding hydrogens is 446 g/mol. The minimum Gasteiger partial charge on any atom is -0.497 e. The molecule has 0 spiro atoms. The van der Waals surface area contributed by atoms with Gasteiger partial charge in [0, 0.05) is 36.8 Å². The Balaban J connectivity index is 1.53. The molecule has 178 valence electrons. The molecule has 3 atom stereocenters. The molecule has 1 aromatic rings. The predicted molar refractivity (Wildman–Crippen MR) is 123 cm³/mol. The average molecular weight is 476 g/mol. The number of carbonyl (C=O) groups is 4. The summed E-state index contributed by atoms with van der Waals surface area (Å²) in [6.45, 7) is 1.25. The minimum absolute atomic E-state index is 0.0650. The molecule has 10 nitrogen and oxygen atoms in total. The second-order valence-corrected chi connectivity index (χ2v) is 9.32. The zero-order valence-corrected chi connectivity index (χ0v) is 19.4. The summed E-state index contributed by atoms with van der Waals surface area (Å²) in [5.41, 5.74) is 0.428. The van der Waals surface area contributed by atoms with Crippen molar-refractivity contribution in [2.24, 2.45) is 0 Å². The topological polar surface area (TPSA) is 120 Å². The molecule has 0 saturated carbocycles. The monoisotopic (exact) mass is 475 g/mol. The third kappa shape index (κ3) is 5.25. The number of piperidine rings is 1. The highest BCUT2D eigenvalue weighted by Crippen LogP contribution is 2.20. The fourth-order valence-corrected chi connectivity index (χ4v) is 5.23. The molecule has 3 aliphatic heterocycles. The molecule has 1 aromatic carbocycles. The van der Waals surface area contributed by atoms with Gasteiger partial charge in [-0.05, 0) is 37.1 Å². The van der Waals surface area contributed by atoms with Crippen LogP contribution < -0.4 is 20.7 Å².